The van der Waals surface area contributed by atoms with Gasteiger partial charge < -0.3 is 0 Å². The van der Waals surface area contributed by atoms with Crippen LogP contribution in [0.15, 0.2) is 47.4 Å². The minimum atomic E-state index is -0.356. The number of halogens is 1. The van der Waals surface area contributed by atoms with Crippen LogP contribution in [-0.2, 0) is 11.8 Å². The van der Waals surface area contributed by atoms with Crippen molar-refractivity contribution in [3.63, 3.8) is 0 Å². The average Bonchev–Trinajstić information content (AvgIpc) is 2.54. The van der Waals surface area contributed by atoms with Crippen LogP contribution in [0.2, 0.25) is 0 Å². The number of allylic oxidation sites excluding steroid dienone is 1. The molecule has 0 amide bonds. The summed E-state index contributed by atoms with van der Waals surface area (Å²) in [5.74, 6) is 2.12. The van der Waals surface area contributed by atoms with Crippen molar-refractivity contribution in [1.82, 2.24) is 0 Å². The van der Waals surface area contributed by atoms with Gasteiger partial charge in [0, 0.05) is 5.56 Å². The van der Waals surface area contributed by atoms with Gasteiger partial charge in [-0.2, -0.15) is 0 Å². The average molecular weight is 338 g/mol. The fraction of sp³-hybridized carbons (Fsp3) is 0.273. The Kier molecular flexibility index (Phi) is 5.91. The van der Waals surface area contributed by atoms with E-state index >= 15 is 0 Å². The molecule has 2 aromatic rings. The predicted molar refractivity (Wildman–Crippen MR) is 104 cm³/mol. The van der Waals surface area contributed by atoms with Gasteiger partial charge in [-0.3, -0.25) is 0 Å². The van der Waals surface area contributed by atoms with Gasteiger partial charge in [0.05, 0.1) is 4.90 Å². The third-order valence-corrected chi connectivity index (χ3v) is 4.42. The zero-order valence-electron chi connectivity index (χ0n) is 14.4. The Balaban J connectivity index is 1.98. The lowest BCUT2D eigenvalue weighted by atomic mass is 9.87. The van der Waals surface area contributed by atoms with Gasteiger partial charge in [0.25, 0.3) is 0 Å². The van der Waals surface area contributed by atoms with Crippen LogP contribution in [-0.4, -0.2) is 0 Å². The van der Waals surface area contributed by atoms with Gasteiger partial charge in [-0.15, -0.1) is 19.1 Å². The van der Waals surface area contributed by atoms with Crippen molar-refractivity contribution in [2.45, 2.75) is 43.9 Å². The molecule has 0 aliphatic carbocycles. The SMILES string of the molecule is C#Cc1cc(CC/C=C/c2ccc(C(C)(C)C)cc2)cc(F)c1S. The molecule has 0 spiro atoms. The van der Waals surface area contributed by atoms with E-state index in [1.807, 2.05) is 6.07 Å². The Morgan fingerprint density at radius 2 is 1.83 bits per heavy atom. The first-order chi connectivity index (χ1) is 11.3. The van der Waals surface area contributed by atoms with E-state index in [9.17, 15) is 4.39 Å². The van der Waals surface area contributed by atoms with Crippen LogP contribution in [0, 0.1) is 18.2 Å². The van der Waals surface area contributed by atoms with Crippen molar-refractivity contribution in [2.75, 3.05) is 0 Å². The van der Waals surface area contributed by atoms with Crippen molar-refractivity contribution >= 4 is 18.7 Å². The van der Waals surface area contributed by atoms with Crippen LogP contribution < -0.4 is 0 Å². The molecule has 0 saturated carbocycles. The lowest BCUT2D eigenvalue weighted by Gasteiger charge is -2.18. The maximum absolute atomic E-state index is 13.7. The van der Waals surface area contributed by atoms with Crippen LogP contribution >= 0.6 is 12.6 Å². The molecule has 0 bridgehead atoms. The molecule has 2 rings (SSSR count). The first kappa shape index (κ1) is 18.4. The number of hydrogen-bond donors (Lipinski definition) is 1. The first-order valence-corrected chi connectivity index (χ1v) is 8.51. The molecular formula is C22H23FS. The lowest BCUT2D eigenvalue weighted by molar-refractivity contribution is 0.590. The summed E-state index contributed by atoms with van der Waals surface area (Å²) in [6, 6.07) is 11.9. The van der Waals surface area contributed by atoms with Gasteiger partial charge in [0.2, 0.25) is 0 Å². The summed E-state index contributed by atoms with van der Waals surface area (Å²) in [6.45, 7) is 6.62. The number of thiol groups is 1. The lowest BCUT2D eigenvalue weighted by Crippen LogP contribution is -2.10. The van der Waals surface area contributed by atoms with E-state index in [0.29, 0.717) is 5.56 Å². The quantitative estimate of drug-likeness (QED) is 0.510. The summed E-state index contributed by atoms with van der Waals surface area (Å²) < 4.78 is 13.7. The largest absolute Gasteiger partial charge is 0.206 e. The molecule has 2 aromatic carbocycles. The minimum absolute atomic E-state index is 0.167. The molecule has 0 heterocycles. The molecular weight excluding hydrogens is 315 g/mol. The van der Waals surface area contributed by atoms with Gasteiger partial charge in [-0.1, -0.05) is 63.1 Å². The van der Waals surface area contributed by atoms with Crippen LogP contribution in [0.25, 0.3) is 6.08 Å². The van der Waals surface area contributed by atoms with E-state index in [0.717, 1.165) is 18.4 Å². The Labute approximate surface area is 150 Å². The molecule has 24 heavy (non-hydrogen) atoms. The van der Waals surface area contributed by atoms with Gasteiger partial charge in [0.15, 0.2) is 0 Å². The Morgan fingerprint density at radius 1 is 1.17 bits per heavy atom. The molecule has 0 radical (unpaired) electrons. The predicted octanol–water partition coefficient (Wildman–Crippen LogP) is 6.04. The topological polar surface area (TPSA) is 0 Å². The monoisotopic (exact) mass is 338 g/mol. The van der Waals surface area contributed by atoms with Crippen LogP contribution in [0.5, 0.6) is 0 Å². The molecule has 124 valence electrons. The molecule has 0 aromatic heterocycles. The van der Waals surface area contributed by atoms with E-state index in [1.165, 1.54) is 17.2 Å². The van der Waals surface area contributed by atoms with E-state index in [-0.39, 0.29) is 16.1 Å². The van der Waals surface area contributed by atoms with Gasteiger partial charge >= 0.3 is 0 Å². The summed E-state index contributed by atoms with van der Waals surface area (Å²) >= 11 is 4.09. The summed E-state index contributed by atoms with van der Waals surface area (Å²) in [5, 5.41) is 0. The fourth-order valence-electron chi connectivity index (χ4n) is 2.47. The van der Waals surface area contributed by atoms with Crippen molar-refractivity contribution in [3.05, 3.63) is 70.5 Å². The smallest absolute Gasteiger partial charge is 0.138 e. The molecule has 2 heteroatoms. The highest BCUT2D eigenvalue weighted by atomic mass is 32.1. The Hall–Kier alpha value is -1.98. The second-order valence-electron chi connectivity index (χ2n) is 6.93. The highest BCUT2D eigenvalue weighted by Gasteiger charge is 2.12. The van der Waals surface area contributed by atoms with Crippen molar-refractivity contribution in [1.29, 1.82) is 0 Å². The summed E-state index contributed by atoms with van der Waals surface area (Å²) in [4.78, 5) is 0.246. The van der Waals surface area contributed by atoms with Gasteiger partial charge in [0.1, 0.15) is 5.82 Å². The van der Waals surface area contributed by atoms with Crippen molar-refractivity contribution in [2.24, 2.45) is 0 Å². The highest BCUT2D eigenvalue weighted by Crippen LogP contribution is 2.23. The summed E-state index contributed by atoms with van der Waals surface area (Å²) in [6.07, 6.45) is 11.2. The molecule has 0 atom stereocenters. The molecule has 0 fully saturated rings. The second kappa shape index (κ2) is 7.73. The summed E-state index contributed by atoms with van der Waals surface area (Å²) in [7, 11) is 0. The van der Waals surface area contributed by atoms with Gasteiger partial charge in [-0.25, -0.2) is 4.39 Å². The molecule has 0 N–H and O–H groups in total. The number of terminal acetylenes is 1. The third-order valence-electron chi connectivity index (χ3n) is 3.97. The van der Waals surface area contributed by atoms with E-state index < -0.39 is 0 Å². The molecule has 0 saturated heterocycles. The van der Waals surface area contributed by atoms with E-state index in [4.69, 9.17) is 6.42 Å². The maximum Gasteiger partial charge on any atom is 0.138 e. The van der Waals surface area contributed by atoms with E-state index in [2.05, 4.69) is 75.7 Å². The third kappa shape index (κ3) is 4.76. The molecule has 0 aliphatic heterocycles. The zero-order chi connectivity index (χ0) is 17.7. The zero-order valence-corrected chi connectivity index (χ0v) is 15.3. The fourth-order valence-corrected chi connectivity index (χ4v) is 2.67. The Bertz CT molecular complexity index is 771. The van der Waals surface area contributed by atoms with E-state index in [1.54, 1.807) is 0 Å². The first-order valence-electron chi connectivity index (χ1n) is 8.06. The minimum Gasteiger partial charge on any atom is -0.206 e. The van der Waals surface area contributed by atoms with Crippen molar-refractivity contribution in [3.8, 4) is 12.3 Å². The molecule has 0 nitrogen and oxygen atoms in total. The number of hydrogen-bond acceptors (Lipinski definition) is 1. The second-order valence-corrected chi connectivity index (χ2v) is 7.38. The standard InChI is InChI=1S/C22H23FS/c1-5-18-14-17(15-20(23)21(18)24)9-7-6-8-16-10-12-19(13-11-16)22(2,3)4/h1,6,8,10-15,24H,7,9H2,2-4H3/b8-6+. The van der Waals surface area contributed by atoms with Crippen molar-refractivity contribution < 1.29 is 4.39 Å². The van der Waals surface area contributed by atoms with Gasteiger partial charge in [-0.05, 0) is 47.1 Å². The van der Waals surface area contributed by atoms with Crippen LogP contribution in [0.3, 0.4) is 0 Å². The highest BCUT2D eigenvalue weighted by molar-refractivity contribution is 7.80. The number of rotatable bonds is 4. The van der Waals surface area contributed by atoms with Crippen LogP contribution in [0.1, 0.15) is 49.4 Å². The molecule has 0 unspecified atom stereocenters. The van der Waals surface area contributed by atoms with Crippen LogP contribution in [0.4, 0.5) is 4.39 Å². The Morgan fingerprint density at radius 3 is 2.42 bits per heavy atom. The summed E-state index contributed by atoms with van der Waals surface area (Å²) in [5.41, 5.74) is 4.06. The number of aryl methyl sites for hydroxylation is 1. The number of benzene rings is 2. The molecule has 0 aliphatic rings. The maximum atomic E-state index is 13.7. The normalized spacial score (nSPS) is 11.7.